The number of aromatic nitrogens is 1. The van der Waals surface area contributed by atoms with Crippen LogP contribution in [0.25, 0.3) is 5.57 Å². The summed E-state index contributed by atoms with van der Waals surface area (Å²) in [5.41, 5.74) is -3.20. The van der Waals surface area contributed by atoms with E-state index < -0.39 is 90.7 Å². The SMILES string of the molecule is CC(O)(CS(=O)(=O)c1ccc(F)cc1)C(=O)Nc1ccc(C#N)c(C(F)(F)F)c1.CNC(=O)c1ccc(N2C(=S)N(c3ccc(C#N)c(C(F)(F)F)c3)C(=O)C2(C)C)cc1F.C[C@]12CC[C@H](O)CC1=CC[C@@H]1[C@@H]2CC[C@]2(C)C(c3cccnc3)=CC[C@@H]12. The van der Waals surface area contributed by atoms with E-state index in [0.29, 0.717) is 23.0 Å². The summed E-state index contributed by atoms with van der Waals surface area (Å²) in [7, 11) is -2.87. The number of nitrogens with one attached hydrogen (secondary N) is 2. The number of aliphatic hydroxyl groups is 2. The molecule has 3 amide bonds. The van der Waals surface area contributed by atoms with Crippen molar-refractivity contribution < 1.29 is 68.1 Å². The average molecular weight is 1240 g/mol. The van der Waals surface area contributed by atoms with E-state index in [1.807, 2.05) is 17.7 Å². The first-order valence-corrected chi connectivity index (χ1v) is 29.6. The van der Waals surface area contributed by atoms with Gasteiger partial charge in [-0.2, -0.15) is 36.9 Å². The summed E-state index contributed by atoms with van der Waals surface area (Å²) in [5, 5.41) is 42.3. The van der Waals surface area contributed by atoms with Crippen LogP contribution in [-0.4, -0.2) is 76.5 Å². The first-order valence-electron chi connectivity index (χ1n) is 27.6. The van der Waals surface area contributed by atoms with E-state index in [4.69, 9.17) is 22.7 Å². The lowest BCUT2D eigenvalue weighted by molar-refractivity contribution is -0.138. The van der Waals surface area contributed by atoms with Gasteiger partial charge in [0.15, 0.2) is 20.6 Å². The smallest absolute Gasteiger partial charge is 0.393 e. The zero-order valence-corrected chi connectivity index (χ0v) is 49.6. The first kappa shape index (κ1) is 65.1. The average Bonchev–Trinajstić information content (AvgIpc) is 1.71. The number of amides is 3. The molecule has 0 spiro atoms. The number of rotatable bonds is 9. The Kier molecular flexibility index (Phi) is 18.2. The summed E-state index contributed by atoms with van der Waals surface area (Å²) >= 11 is 5.38. The lowest BCUT2D eigenvalue weighted by Crippen LogP contribution is -2.49. The number of hydrogen-bond donors (Lipinski definition) is 4. The Hall–Kier alpha value is -7.90. The van der Waals surface area contributed by atoms with Gasteiger partial charge in [-0.25, -0.2) is 17.2 Å². The second kappa shape index (κ2) is 24.3. The zero-order chi connectivity index (χ0) is 64.0. The number of anilines is 3. The molecule has 87 heavy (non-hydrogen) atoms. The molecule has 1 aromatic heterocycles. The Labute approximate surface area is 503 Å². The normalized spacial score (nSPS) is 23.7. The highest BCUT2D eigenvalue weighted by Gasteiger charge is 2.57. The second-order valence-electron chi connectivity index (χ2n) is 23.4. The fraction of sp³-hybridized carbons (Fsp3) is 0.381. The number of nitriles is 2. The van der Waals surface area contributed by atoms with Crippen molar-refractivity contribution in [3.8, 4) is 12.1 Å². The Morgan fingerprint density at radius 1 is 0.816 bits per heavy atom. The molecule has 7 atom stereocenters. The molecule has 1 unspecified atom stereocenters. The van der Waals surface area contributed by atoms with E-state index in [-0.39, 0.29) is 38.7 Å². The molecular formula is C63H61F8N7O7S2. The first-order chi connectivity index (χ1) is 40.6. The highest BCUT2D eigenvalue weighted by Crippen LogP contribution is 2.66. The van der Waals surface area contributed by atoms with Gasteiger partial charge in [0, 0.05) is 30.8 Å². The molecule has 458 valence electrons. The molecule has 5 aliphatic rings. The number of alkyl halides is 6. The minimum Gasteiger partial charge on any atom is -0.393 e. The highest BCUT2D eigenvalue weighted by atomic mass is 32.2. The molecule has 5 aromatic rings. The molecule has 4 aliphatic carbocycles. The van der Waals surface area contributed by atoms with Crippen LogP contribution in [0.3, 0.4) is 0 Å². The van der Waals surface area contributed by atoms with Crippen molar-refractivity contribution in [3.63, 3.8) is 0 Å². The van der Waals surface area contributed by atoms with Gasteiger partial charge < -0.3 is 25.7 Å². The fourth-order valence-corrected chi connectivity index (χ4v) is 15.1. The van der Waals surface area contributed by atoms with Crippen molar-refractivity contribution in [2.75, 3.05) is 27.9 Å². The molecule has 3 fully saturated rings. The van der Waals surface area contributed by atoms with Crippen molar-refractivity contribution in [2.24, 2.45) is 28.6 Å². The maximum atomic E-state index is 14.5. The number of nitrogens with zero attached hydrogens (tertiary/aromatic N) is 5. The van der Waals surface area contributed by atoms with Crippen LogP contribution < -0.4 is 20.4 Å². The monoisotopic (exact) mass is 1240 g/mol. The number of allylic oxidation sites excluding steroid dienone is 3. The van der Waals surface area contributed by atoms with E-state index in [1.54, 1.807) is 11.1 Å². The van der Waals surface area contributed by atoms with Gasteiger partial charge in [0.25, 0.3) is 17.7 Å². The summed E-state index contributed by atoms with van der Waals surface area (Å²) in [6, 6.07) is 19.6. The van der Waals surface area contributed by atoms with Crippen LogP contribution in [0.2, 0.25) is 0 Å². The summed E-state index contributed by atoms with van der Waals surface area (Å²) < 4.78 is 131. The Balaban J connectivity index is 0.000000170. The van der Waals surface area contributed by atoms with E-state index in [0.717, 1.165) is 90.9 Å². The summed E-state index contributed by atoms with van der Waals surface area (Å²) in [4.78, 5) is 43.4. The third-order valence-electron chi connectivity index (χ3n) is 17.5. The number of halogens is 8. The van der Waals surface area contributed by atoms with Gasteiger partial charge in [-0.15, -0.1) is 0 Å². The lowest BCUT2D eigenvalue weighted by atomic mass is 9.47. The maximum Gasteiger partial charge on any atom is 0.417 e. The molecular weight excluding hydrogens is 1180 g/mol. The quantitative estimate of drug-likeness (QED) is 0.0469. The standard InChI is InChI=1S/C24H31NO.C21H16F4N4O2S.C18H14F4N2O4S/c1-23-11-9-18(26)14-17(23)5-6-19-21-8-7-20(16-4-3-13-25-15-16)24(21,2)12-10-22(19)23;1-20(2)18(31)28(12-5-4-11(10-26)15(8-12)21(23,24)25)19(32)29(20)13-6-7-14(16(22)9-13)17(30)27-3;1-17(26,10-29(27,28)14-6-3-12(19)4-7-14)16(25)24-13-5-2-11(9-23)15(8-13)18(20,21)22/h3-5,7,13,15,18-19,21-22,26H,6,8-12,14H2,1-2H3;4-9H,1-3H3,(H,27,30);2-8,26H,10H2,1H3,(H,24,25)/t18-,19-,21-,22-,23-,24+;;/m0../s1. The number of benzene rings is 4. The second-order valence-corrected chi connectivity index (χ2v) is 25.8. The van der Waals surface area contributed by atoms with Crippen LogP contribution in [0.1, 0.15) is 118 Å². The van der Waals surface area contributed by atoms with Gasteiger partial charge in [-0.1, -0.05) is 37.6 Å². The number of pyridine rings is 1. The Morgan fingerprint density at radius 2 is 1.44 bits per heavy atom. The number of hydrogen-bond acceptors (Lipinski definition) is 11. The molecule has 24 heteroatoms. The van der Waals surface area contributed by atoms with Crippen LogP contribution >= 0.6 is 12.2 Å². The zero-order valence-electron chi connectivity index (χ0n) is 47.9. The van der Waals surface area contributed by atoms with E-state index >= 15 is 0 Å². The van der Waals surface area contributed by atoms with Crippen molar-refractivity contribution in [1.82, 2.24) is 10.3 Å². The molecule has 10 rings (SSSR count). The Morgan fingerprint density at radius 3 is 2.03 bits per heavy atom. The van der Waals surface area contributed by atoms with Gasteiger partial charge in [0.05, 0.1) is 62.4 Å². The van der Waals surface area contributed by atoms with Gasteiger partial charge >= 0.3 is 12.4 Å². The van der Waals surface area contributed by atoms with Crippen LogP contribution in [0.4, 0.5) is 52.2 Å². The molecule has 2 saturated carbocycles. The third-order valence-corrected chi connectivity index (χ3v) is 19.8. The van der Waals surface area contributed by atoms with E-state index in [9.17, 15) is 68.1 Å². The largest absolute Gasteiger partial charge is 0.417 e. The van der Waals surface area contributed by atoms with Crippen LogP contribution in [-0.2, 0) is 31.8 Å². The lowest BCUT2D eigenvalue weighted by Gasteiger charge is -2.57. The summed E-state index contributed by atoms with van der Waals surface area (Å²) in [6.45, 7) is 8.87. The van der Waals surface area contributed by atoms with Crippen LogP contribution in [0.15, 0.2) is 126 Å². The molecule has 1 saturated heterocycles. The van der Waals surface area contributed by atoms with Gasteiger partial charge in [-0.05, 0) is 203 Å². The number of fused-ring (bicyclic) bond motifs is 5. The van der Waals surface area contributed by atoms with E-state index in [1.165, 1.54) is 93.8 Å². The molecule has 0 radical (unpaired) electrons. The molecule has 4 N–H and O–H groups in total. The topological polar surface area (TPSA) is 217 Å². The predicted octanol–water partition coefficient (Wildman–Crippen LogP) is 12.3. The molecule has 14 nitrogen and oxygen atoms in total. The van der Waals surface area contributed by atoms with Gasteiger partial charge in [0.1, 0.15) is 17.2 Å². The van der Waals surface area contributed by atoms with E-state index in [2.05, 4.69) is 48.4 Å². The minimum atomic E-state index is -4.86. The summed E-state index contributed by atoms with van der Waals surface area (Å²) in [6.07, 6.45) is 7.34. The highest BCUT2D eigenvalue weighted by molar-refractivity contribution is 7.91. The van der Waals surface area contributed by atoms with Crippen molar-refractivity contribution in [2.45, 2.75) is 114 Å². The maximum absolute atomic E-state index is 14.5. The fourth-order valence-electron chi connectivity index (χ4n) is 13.0. The molecule has 0 bridgehead atoms. The predicted molar refractivity (Wildman–Crippen MR) is 312 cm³/mol. The van der Waals surface area contributed by atoms with Gasteiger partial charge in [-0.3, -0.25) is 24.3 Å². The minimum absolute atomic E-state index is 0.106. The van der Waals surface area contributed by atoms with Crippen molar-refractivity contribution >= 4 is 67.5 Å². The van der Waals surface area contributed by atoms with Crippen LogP contribution in [0, 0.1) is 62.9 Å². The third kappa shape index (κ3) is 12.9. The number of thiocarbonyl (C=S) groups is 1. The number of sulfone groups is 1. The number of carbonyl (C=O) groups excluding carboxylic acids is 3. The number of carbonyl (C=O) groups is 3. The Bertz CT molecular complexity index is 3810. The molecule has 4 aromatic carbocycles. The van der Waals surface area contributed by atoms with Crippen LogP contribution in [0.5, 0.6) is 0 Å². The molecule has 1 aliphatic heterocycles. The number of aliphatic hydroxyl groups excluding tert-OH is 1. The van der Waals surface area contributed by atoms with Crippen molar-refractivity contribution in [1.29, 1.82) is 10.5 Å². The van der Waals surface area contributed by atoms with Gasteiger partial charge in [0.2, 0.25) is 0 Å². The summed E-state index contributed by atoms with van der Waals surface area (Å²) in [5.74, 6) is -2.85. The molecule has 2 heterocycles. The van der Waals surface area contributed by atoms with Crippen molar-refractivity contribution in [3.05, 3.63) is 166 Å².